The van der Waals surface area contributed by atoms with E-state index in [9.17, 15) is 10.2 Å². The van der Waals surface area contributed by atoms with Crippen LogP contribution < -0.4 is 10.4 Å². The summed E-state index contributed by atoms with van der Waals surface area (Å²) in [4.78, 5) is 0. The van der Waals surface area contributed by atoms with Gasteiger partial charge in [0.1, 0.15) is 6.10 Å². The van der Waals surface area contributed by atoms with Gasteiger partial charge in [-0.3, -0.25) is 0 Å². The smallest absolute Gasteiger partial charge is 0.261 e. The molecule has 0 aliphatic heterocycles. The van der Waals surface area contributed by atoms with Crippen LogP contribution in [-0.2, 0) is 15.8 Å². The molecular weight excluding hydrogens is 428 g/mol. The number of rotatable bonds is 11. The van der Waals surface area contributed by atoms with E-state index in [1.54, 1.807) is 0 Å². The minimum absolute atomic E-state index is 0.0626. The van der Waals surface area contributed by atoms with Crippen LogP contribution in [0, 0.1) is 0 Å². The van der Waals surface area contributed by atoms with Crippen molar-refractivity contribution in [3.8, 4) is 0 Å². The van der Waals surface area contributed by atoms with Crippen molar-refractivity contribution in [3.63, 3.8) is 0 Å². The summed E-state index contributed by atoms with van der Waals surface area (Å²) >= 11 is 0. The van der Waals surface area contributed by atoms with Crippen LogP contribution in [0.25, 0.3) is 0 Å². The third-order valence-electron chi connectivity index (χ3n) is 6.00. The van der Waals surface area contributed by atoms with E-state index in [-0.39, 0.29) is 11.6 Å². The first kappa shape index (κ1) is 25.3. The minimum Gasteiger partial charge on any atom is -0.405 e. The highest BCUT2D eigenvalue weighted by Gasteiger charge is 2.50. The zero-order chi connectivity index (χ0) is 23.7. The number of hydrogen-bond acceptors (Lipinski definition) is 4. The molecule has 0 bridgehead atoms. The van der Waals surface area contributed by atoms with Crippen molar-refractivity contribution in [3.05, 3.63) is 96.6 Å². The summed E-state index contributed by atoms with van der Waals surface area (Å²) in [5.74, 6) is 0. The minimum atomic E-state index is -2.74. The van der Waals surface area contributed by atoms with Crippen LogP contribution >= 0.6 is 0 Å². The molecule has 3 rings (SSSR count). The molecule has 0 heterocycles. The van der Waals surface area contributed by atoms with Gasteiger partial charge in [-0.1, -0.05) is 112 Å². The van der Waals surface area contributed by atoms with Gasteiger partial charge in [-0.25, -0.2) is 0 Å². The Morgan fingerprint density at radius 1 is 0.727 bits per heavy atom. The Kier molecular flexibility index (Phi) is 9.00. The second-order valence-electron chi connectivity index (χ2n) is 9.44. The number of hydrogen-bond donors (Lipinski definition) is 2. The van der Waals surface area contributed by atoms with Gasteiger partial charge in [0, 0.05) is 6.61 Å². The number of aliphatic hydroxyl groups excluding tert-OH is 2. The first-order chi connectivity index (χ1) is 15.8. The molecule has 0 saturated heterocycles. The van der Waals surface area contributed by atoms with Crippen LogP contribution in [0.4, 0.5) is 0 Å². The molecule has 0 unspecified atom stereocenters. The summed E-state index contributed by atoms with van der Waals surface area (Å²) in [7, 11) is -2.74. The number of aliphatic hydroxyl groups is 2. The second kappa shape index (κ2) is 11.7. The molecule has 3 aromatic carbocycles. The SMILES string of the molecule is CC(C)(C)[Si](OC[C@@H](O)[C@H](O)CCOCc1ccccc1)(c1ccccc1)c1ccccc1. The van der Waals surface area contributed by atoms with Crippen molar-refractivity contribution >= 4 is 18.7 Å². The van der Waals surface area contributed by atoms with Gasteiger partial charge in [-0.15, -0.1) is 0 Å². The Hall–Kier alpha value is -2.28. The maximum Gasteiger partial charge on any atom is 0.261 e. The van der Waals surface area contributed by atoms with Crippen LogP contribution in [0.1, 0.15) is 32.8 Å². The number of benzene rings is 3. The summed E-state index contributed by atoms with van der Waals surface area (Å²) in [6.45, 7) is 7.50. The van der Waals surface area contributed by atoms with E-state index in [1.807, 2.05) is 66.7 Å². The highest BCUT2D eigenvalue weighted by atomic mass is 28.4. The average molecular weight is 465 g/mol. The zero-order valence-electron chi connectivity index (χ0n) is 19.9. The van der Waals surface area contributed by atoms with Gasteiger partial charge in [0.05, 0.1) is 19.3 Å². The quantitative estimate of drug-likeness (QED) is 0.334. The van der Waals surface area contributed by atoms with E-state index in [4.69, 9.17) is 9.16 Å². The van der Waals surface area contributed by atoms with E-state index in [2.05, 4.69) is 45.0 Å². The lowest BCUT2D eigenvalue weighted by atomic mass is 10.1. The van der Waals surface area contributed by atoms with Crippen molar-refractivity contribution < 1.29 is 19.4 Å². The van der Waals surface area contributed by atoms with Crippen LogP contribution in [0.2, 0.25) is 5.04 Å². The lowest BCUT2D eigenvalue weighted by Crippen LogP contribution is -2.67. The van der Waals surface area contributed by atoms with E-state index in [0.717, 1.165) is 15.9 Å². The van der Waals surface area contributed by atoms with E-state index in [0.29, 0.717) is 19.6 Å². The van der Waals surface area contributed by atoms with Crippen LogP contribution in [-0.4, -0.2) is 44.0 Å². The van der Waals surface area contributed by atoms with Crippen molar-refractivity contribution in [1.29, 1.82) is 0 Å². The maximum atomic E-state index is 10.7. The number of ether oxygens (including phenoxy) is 1. The molecular formula is C28H36O4Si. The molecule has 0 aliphatic rings. The first-order valence-electron chi connectivity index (χ1n) is 11.6. The van der Waals surface area contributed by atoms with Gasteiger partial charge in [-0.2, -0.15) is 0 Å². The molecule has 0 aliphatic carbocycles. The van der Waals surface area contributed by atoms with Gasteiger partial charge in [0.25, 0.3) is 8.32 Å². The summed E-state index contributed by atoms with van der Waals surface area (Å²) in [6, 6.07) is 30.5. The maximum absolute atomic E-state index is 10.7. The highest BCUT2D eigenvalue weighted by molar-refractivity contribution is 6.99. The fourth-order valence-corrected chi connectivity index (χ4v) is 8.82. The standard InChI is InChI=1S/C28H36O4Si/c1-28(2,3)33(24-15-9-5-10-16-24,25-17-11-6-12-18-25)32-22-27(30)26(29)19-20-31-21-23-13-7-4-8-14-23/h4-18,26-27,29-30H,19-22H2,1-3H3/t26-,27-/m1/s1. The fourth-order valence-electron chi connectivity index (χ4n) is 4.24. The molecule has 5 heteroatoms. The third-order valence-corrected chi connectivity index (χ3v) is 11.0. The normalized spacial score (nSPS) is 14.1. The molecule has 176 valence electrons. The van der Waals surface area contributed by atoms with Crippen molar-refractivity contribution in [2.45, 2.75) is 51.0 Å². The van der Waals surface area contributed by atoms with Crippen molar-refractivity contribution in [2.75, 3.05) is 13.2 Å². The summed E-state index contributed by atoms with van der Waals surface area (Å²) in [6.07, 6.45) is -1.57. The van der Waals surface area contributed by atoms with Crippen molar-refractivity contribution in [2.24, 2.45) is 0 Å². The Morgan fingerprint density at radius 3 is 1.70 bits per heavy atom. The van der Waals surface area contributed by atoms with Crippen LogP contribution in [0.15, 0.2) is 91.0 Å². The molecule has 0 amide bonds. The van der Waals surface area contributed by atoms with E-state index in [1.165, 1.54) is 0 Å². The molecule has 0 radical (unpaired) electrons. The predicted molar refractivity (Wildman–Crippen MR) is 136 cm³/mol. The summed E-state index contributed by atoms with van der Waals surface area (Å²) in [5, 5.41) is 23.4. The topological polar surface area (TPSA) is 58.9 Å². The van der Waals surface area contributed by atoms with Crippen LogP contribution in [0.3, 0.4) is 0 Å². The monoisotopic (exact) mass is 464 g/mol. The largest absolute Gasteiger partial charge is 0.405 e. The molecule has 0 saturated carbocycles. The lowest BCUT2D eigenvalue weighted by molar-refractivity contribution is -0.0282. The van der Waals surface area contributed by atoms with E-state index < -0.39 is 20.5 Å². The van der Waals surface area contributed by atoms with Crippen molar-refractivity contribution in [1.82, 2.24) is 0 Å². The van der Waals surface area contributed by atoms with Gasteiger partial charge >= 0.3 is 0 Å². The van der Waals surface area contributed by atoms with Gasteiger partial charge in [0.15, 0.2) is 0 Å². The Bertz CT molecular complexity index is 902. The Morgan fingerprint density at radius 2 is 1.21 bits per heavy atom. The molecule has 0 fully saturated rings. The van der Waals surface area contributed by atoms with Gasteiger partial charge in [-0.05, 0) is 27.4 Å². The first-order valence-corrected chi connectivity index (χ1v) is 13.5. The van der Waals surface area contributed by atoms with Gasteiger partial charge in [0.2, 0.25) is 0 Å². The molecule has 2 N–H and O–H groups in total. The predicted octanol–water partition coefficient (Wildman–Crippen LogP) is 3.89. The summed E-state index contributed by atoms with van der Waals surface area (Å²) in [5.41, 5.74) is 1.09. The second-order valence-corrected chi connectivity index (χ2v) is 13.7. The molecule has 33 heavy (non-hydrogen) atoms. The van der Waals surface area contributed by atoms with E-state index >= 15 is 0 Å². The highest BCUT2D eigenvalue weighted by Crippen LogP contribution is 2.36. The zero-order valence-corrected chi connectivity index (χ0v) is 20.9. The molecule has 3 aromatic rings. The summed E-state index contributed by atoms with van der Waals surface area (Å²) < 4.78 is 12.4. The Balaban J connectivity index is 1.69. The molecule has 2 atom stereocenters. The molecule has 0 spiro atoms. The van der Waals surface area contributed by atoms with Gasteiger partial charge < -0.3 is 19.4 Å². The molecule has 4 nitrogen and oxygen atoms in total. The average Bonchev–Trinajstić information content (AvgIpc) is 2.83. The van der Waals surface area contributed by atoms with Crippen LogP contribution in [0.5, 0.6) is 0 Å². The fraction of sp³-hybridized carbons (Fsp3) is 0.357. The third kappa shape index (κ3) is 6.40. The molecule has 0 aromatic heterocycles. The Labute approximate surface area is 199 Å². The lowest BCUT2D eigenvalue weighted by Gasteiger charge is -2.43.